The Labute approximate surface area is 133 Å². The molecule has 3 nitrogen and oxygen atoms in total. The van der Waals surface area contributed by atoms with Crippen LogP contribution in [-0.2, 0) is 11.3 Å². The lowest BCUT2D eigenvalue weighted by Gasteiger charge is -2.40. The van der Waals surface area contributed by atoms with Crippen molar-refractivity contribution in [1.82, 2.24) is 5.32 Å². The van der Waals surface area contributed by atoms with Crippen LogP contribution in [0.15, 0.2) is 18.2 Å². The quantitative estimate of drug-likeness (QED) is 0.808. The molecule has 0 radical (unpaired) electrons. The molecule has 0 amide bonds. The summed E-state index contributed by atoms with van der Waals surface area (Å²) in [6, 6.07) is 6.84. The molecule has 2 unspecified atom stereocenters. The topological polar surface area (TPSA) is 24.5 Å². The SMILES string of the molecule is CCCNCc1ccc(N2CC(C)OCC2CC)c(Cl)c1. The van der Waals surface area contributed by atoms with Crippen molar-refractivity contribution in [2.75, 3.05) is 24.6 Å². The van der Waals surface area contributed by atoms with E-state index in [1.807, 2.05) is 0 Å². The summed E-state index contributed by atoms with van der Waals surface area (Å²) < 4.78 is 5.77. The zero-order valence-electron chi connectivity index (χ0n) is 13.4. The van der Waals surface area contributed by atoms with Crippen molar-refractivity contribution < 1.29 is 4.74 Å². The molecule has 0 spiro atoms. The van der Waals surface area contributed by atoms with Crippen LogP contribution in [-0.4, -0.2) is 31.8 Å². The normalized spacial score (nSPS) is 22.6. The molecule has 1 aromatic rings. The van der Waals surface area contributed by atoms with Crippen LogP contribution in [0.4, 0.5) is 5.69 Å². The van der Waals surface area contributed by atoms with E-state index >= 15 is 0 Å². The third-order valence-corrected chi connectivity index (χ3v) is 4.32. The van der Waals surface area contributed by atoms with Crippen LogP contribution in [0.2, 0.25) is 5.02 Å². The van der Waals surface area contributed by atoms with E-state index in [-0.39, 0.29) is 6.10 Å². The van der Waals surface area contributed by atoms with E-state index in [9.17, 15) is 0 Å². The van der Waals surface area contributed by atoms with E-state index in [4.69, 9.17) is 16.3 Å². The fraction of sp³-hybridized carbons (Fsp3) is 0.647. The fourth-order valence-electron chi connectivity index (χ4n) is 2.78. The summed E-state index contributed by atoms with van der Waals surface area (Å²) in [5.74, 6) is 0. The highest BCUT2D eigenvalue weighted by Crippen LogP contribution is 2.31. The van der Waals surface area contributed by atoms with Crippen molar-refractivity contribution in [1.29, 1.82) is 0 Å². The minimum absolute atomic E-state index is 0.259. The lowest BCUT2D eigenvalue weighted by Crippen LogP contribution is -2.48. The van der Waals surface area contributed by atoms with Gasteiger partial charge in [0.05, 0.1) is 29.5 Å². The van der Waals surface area contributed by atoms with Crippen molar-refractivity contribution in [3.05, 3.63) is 28.8 Å². The van der Waals surface area contributed by atoms with E-state index in [1.165, 1.54) is 5.56 Å². The van der Waals surface area contributed by atoms with Crippen molar-refractivity contribution in [3.8, 4) is 0 Å². The van der Waals surface area contributed by atoms with Gasteiger partial charge in [-0.15, -0.1) is 0 Å². The molecule has 4 heteroatoms. The van der Waals surface area contributed by atoms with Gasteiger partial charge in [0.25, 0.3) is 0 Å². The highest BCUT2D eigenvalue weighted by atomic mass is 35.5. The van der Waals surface area contributed by atoms with Crippen LogP contribution >= 0.6 is 11.6 Å². The van der Waals surface area contributed by atoms with Crippen molar-refractivity contribution in [2.45, 2.75) is 52.3 Å². The largest absolute Gasteiger partial charge is 0.375 e. The highest BCUT2D eigenvalue weighted by Gasteiger charge is 2.27. The third kappa shape index (κ3) is 4.35. The average Bonchev–Trinajstić information content (AvgIpc) is 2.48. The molecule has 1 saturated heterocycles. The van der Waals surface area contributed by atoms with Gasteiger partial charge >= 0.3 is 0 Å². The van der Waals surface area contributed by atoms with Crippen molar-refractivity contribution in [2.24, 2.45) is 0 Å². The highest BCUT2D eigenvalue weighted by molar-refractivity contribution is 6.33. The van der Waals surface area contributed by atoms with Gasteiger partial charge < -0.3 is 15.0 Å². The number of nitrogens with one attached hydrogen (secondary N) is 1. The van der Waals surface area contributed by atoms with Gasteiger partial charge in [-0.2, -0.15) is 0 Å². The number of hydrogen-bond acceptors (Lipinski definition) is 3. The van der Waals surface area contributed by atoms with Crippen LogP contribution in [0.1, 0.15) is 39.2 Å². The second-order valence-electron chi connectivity index (χ2n) is 5.82. The number of morpholine rings is 1. The minimum Gasteiger partial charge on any atom is -0.375 e. The Bertz CT molecular complexity index is 452. The zero-order chi connectivity index (χ0) is 15.2. The molecule has 1 aliphatic heterocycles. The number of nitrogens with zero attached hydrogens (tertiary/aromatic N) is 1. The molecule has 118 valence electrons. The molecular weight excluding hydrogens is 284 g/mol. The van der Waals surface area contributed by atoms with Gasteiger partial charge in [-0.1, -0.05) is 31.5 Å². The molecule has 1 fully saturated rings. The van der Waals surface area contributed by atoms with Gasteiger partial charge in [0.1, 0.15) is 0 Å². The summed E-state index contributed by atoms with van der Waals surface area (Å²) in [4.78, 5) is 2.40. The average molecular weight is 311 g/mol. The molecule has 0 bridgehead atoms. The van der Waals surface area contributed by atoms with E-state index in [0.717, 1.165) is 49.8 Å². The molecule has 21 heavy (non-hydrogen) atoms. The van der Waals surface area contributed by atoms with E-state index in [0.29, 0.717) is 6.04 Å². The first-order valence-corrected chi connectivity index (χ1v) is 8.40. The Morgan fingerprint density at radius 2 is 2.19 bits per heavy atom. The molecule has 1 aromatic carbocycles. The molecule has 2 rings (SSSR count). The molecule has 0 aromatic heterocycles. The number of anilines is 1. The fourth-order valence-corrected chi connectivity index (χ4v) is 3.09. The minimum atomic E-state index is 0.259. The first-order valence-electron chi connectivity index (χ1n) is 8.03. The Morgan fingerprint density at radius 1 is 1.38 bits per heavy atom. The predicted octanol–water partition coefficient (Wildman–Crippen LogP) is 3.84. The van der Waals surface area contributed by atoms with E-state index in [2.05, 4.69) is 49.2 Å². The molecule has 1 aliphatic rings. The van der Waals surface area contributed by atoms with Gasteiger partial charge in [0.15, 0.2) is 0 Å². The first-order chi connectivity index (χ1) is 10.2. The van der Waals surface area contributed by atoms with Crippen LogP contribution < -0.4 is 10.2 Å². The molecule has 0 saturated carbocycles. The van der Waals surface area contributed by atoms with Gasteiger partial charge in [0.2, 0.25) is 0 Å². The lowest BCUT2D eigenvalue weighted by atomic mass is 10.1. The number of halogens is 1. The number of benzene rings is 1. The van der Waals surface area contributed by atoms with Crippen molar-refractivity contribution >= 4 is 17.3 Å². The number of rotatable bonds is 6. The van der Waals surface area contributed by atoms with Crippen LogP contribution in [0.5, 0.6) is 0 Å². The lowest BCUT2D eigenvalue weighted by molar-refractivity contribution is 0.0300. The standard InChI is InChI=1S/C17H27ClN2O/c1-4-8-19-10-14-6-7-17(16(18)9-14)20-11-13(3)21-12-15(20)5-2/h6-7,9,13,15,19H,4-5,8,10-12H2,1-3H3. The summed E-state index contributed by atoms with van der Waals surface area (Å²) in [6.07, 6.45) is 2.48. The van der Waals surface area contributed by atoms with Crippen LogP contribution in [0, 0.1) is 0 Å². The number of hydrogen-bond donors (Lipinski definition) is 1. The van der Waals surface area contributed by atoms with E-state index < -0.39 is 0 Å². The maximum Gasteiger partial charge on any atom is 0.0723 e. The van der Waals surface area contributed by atoms with E-state index in [1.54, 1.807) is 0 Å². The molecule has 1 heterocycles. The second-order valence-corrected chi connectivity index (χ2v) is 6.23. The molecular formula is C17H27ClN2O. The Hall–Kier alpha value is -0.770. The van der Waals surface area contributed by atoms with Gasteiger partial charge in [-0.25, -0.2) is 0 Å². The first kappa shape index (κ1) is 16.6. The summed E-state index contributed by atoms with van der Waals surface area (Å²) >= 11 is 6.54. The summed E-state index contributed by atoms with van der Waals surface area (Å²) in [6.45, 7) is 10.1. The number of ether oxygens (including phenoxy) is 1. The summed E-state index contributed by atoms with van der Waals surface area (Å²) in [5.41, 5.74) is 2.38. The summed E-state index contributed by atoms with van der Waals surface area (Å²) in [7, 11) is 0. The van der Waals surface area contributed by atoms with Crippen LogP contribution in [0.3, 0.4) is 0 Å². The Morgan fingerprint density at radius 3 is 2.86 bits per heavy atom. The van der Waals surface area contributed by atoms with Crippen LogP contribution in [0.25, 0.3) is 0 Å². The smallest absolute Gasteiger partial charge is 0.0723 e. The summed E-state index contributed by atoms with van der Waals surface area (Å²) in [5, 5.41) is 4.26. The Kier molecular flexibility index (Phi) is 6.34. The predicted molar refractivity (Wildman–Crippen MR) is 90.3 cm³/mol. The van der Waals surface area contributed by atoms with Gasteiger partial charge in [-0.3, -0.25) is 0 Å². The maximum absolute atomic E-state index is 6.54. The third-order valence-electron chi connectivity index (χ3n) is 4.02. The zero-order valence-corrected chi connectivity index (χ0v) is 14.1. The molecule has 1 N–H and O–H groups in total. The van der Waals surface area contributed by atoms with Gasteiger partial charge in [-0.05, 0) is 44.0 Å². The Balaban J connectivity index is 2.11. The monoisotopic (exact) mass is 310 g/mol. The second kappa shape index (κ2) is 8.02. The maximum atomic E-state index is 6.54. The van der Waals surface area contributed by atoms with Crippen molar-refractivity contribution in [3.63, 3.8) is 0 Å². The molecule has 2 atom stereocenters. The van der Waals surface area contributed by atoms with Gasteiger partial charge in [0, 0.05) is 13.1 Å². The molecule has 0 aliphatic carbocycles.